The molecule has 0 aliphatic heterocycles. The average Bonchev–Trinajstić information content (AvgIpc) is 2.15. The summed E-state index contributed by atoms with van der Waals surface area (Å²) in [7, 11) is 0. The molecule has 0 amide bonds. The molecule has 0 aliphatic rings. The summed E-state index contributed by atoms with van der Waals surface area (Å²) in [5, 5.41) is 0. The summed E-state index contributed by atoms with van der Waals surface area (Å²) < 4.78 is 74.6. The molecule has 0 radical (unpaired) electrons. The molecule has 0 aliphatic carbocycles. The molecule has 0 heterocycles. The van der Waals surface area contributed by atoms with Gasteiger partial charge in [0.2, 0.25) is 0 Å². The number of hydrogen-bond donors (Lipinski definition) is 0. The summed E-state index contributed by atoms with van der Waals surface area (Å²) in [5.74, 6) is -3.73. The van der Waals surface area contributed by atoms with E-state index in [1.165, 1.54) is 6.92 Å². The third-order valence-electron chi connectivity index (χ3n) is 2.42. The van der Waals surface area contributed by atoms with E-state index < -0.39 is 23.8 Å². The number of ketones is 1. The molecular formula is C12H10F6O. The van der Waals surface area contributed by atoms with E-state index in [4.69, 9.17) is 0 Å². The number of benzene rings is 1. The van der Waals surface area contributed by atoms with Crippen LogP contribution in [0.3, 0.4) is 0 Å². The number of Topliss-reactive ketones (excluding diaryl/α,β-unsaturated/α-hetero) is 1. The molecule has 0 fully saturated rings. The molecule has 0 saturated carbocycles. The first-order valence-corrected chi connectivity index (χ1v) is 5.23. The van der Waals surface area contributed by atoms with Gasteiger partial charge in [0.25, 0.3) is 0 Å². The van der Waals surface area contributed by atoms with Gasteiger partial charge in [-0.2, -0.15) is 26.3 Å². The third kappa shape index (κ3) is 4.25. The van der Waals surface area contributed by atoms with Crippen molar-refractivity contribution in [2.45, 2.75) is 31.6 Å². The molecule has 0 spiro atoms. The molecule has 0 aromatic heterocycles. The topological polar surface area (TPSA) is 17.1 Å². The lowest BCUT2D eigenvalue weighted by atomic mass is 9.96. The minimum Gasteiger partial charge on any atom is -0.300 e. The predicted octanol–water partition coefficient (Wildman–Crippen LogP) is 4.03. The van der Waals surface area contributed by atoms with Crippen molar-refractivity contribution >= 4 is 5.78 Å². The van der Waals surface area contributed by atoms with Crippen molar-refractivity contribution in [3.63, 3.8) is 0 Å². The molecule has 7 heteroatoms. The lowest BCUT2D eigenvalue weighted by Gasteiger charge is -2.23. The van der Waals surface area contributed by atoms with Crippen LogP contribution in [0.4, 0.5) is 26.3 Å². The number of rotatable bonds is 3. The zero-order valence-corrected chi connectivity index (χ0v) is 9.77. The second-order valence-electron chi connectivity index (χ2n) is 4.14. The van der Waals surface area contributed by atoms with Gasteiger partial charge in [-0.3, -0.25) is 4.79 Å². The largest absolute Gasteiger partial charge is 0.404 e. The Hall–Kier alpha value is -1.53. The first-order chi connectivity index (χ1) is 8.51. The maximum Gasteiger partial charge on any atom is 0.404 e. The predicted molar refractivity (Wildman–Crippen MR) is 55.7 cm³/mol. The monoisotopic (exact) mass is 284 g/mol. The first kappa shape index (κ1) is 15.5. The summed E-state index contributed by atoms with van der Waals surface area (Å²) in [6.07, 6.45) is -10.8. The summed E-state index contributed by atoms with van der Waals surface area (Å²) >= 11 is 0. The first-order valence-electron chi connectivity index (χ1n) is 5.23. The van der Waals surface area contributed by atoms with Crippen molar-refractivity contribution in [1.29, 1.82) is 0 Å². The van der Waals surface area contributed by atoms with Gasteiger partial charge in [0.05, 0.1) is 0 Å². The Bertz CT molecular complexity index is 429. The third-order valence-corrected chi connectivity index (χ3v) is 2.42. The van der Waals surface area contributed by atoms with E-state index in [2.05, 4.69) is 0 Å². The van der Waals surface area contributed by atoms with E-state index in [9.17, 15) is 31.1 Å². The molecule has 0 atom stereocenters. The highest BCUT2D eigenvalue weighted by Crippen LogP contribution is 2.46. The summed E-state index contributed by atoms with van der Waals surface area (Å²) in [5.41, 5.74) is -0.508. The minimum absolute atomic E-state index is 0.0248. The molecule has 1 aromatic rings. The summed E-state index contributed by atoms with van der Waals surface area (Å²) in [6, 6.07) is 3.70. The zero-order chi connectivity index (χ0) is 14.8. The molecule has 0 bridgehead atoms. The van der Waals surface area contributed by atoms with Gasteiger partial charge in [-0.25, -0.2) is 0 Å². The Balaban J connectivity index is 3.09. The van der Waals surface area contributed by atoms with Gasteiger partial charge in [0, 0.05) is 6.42 Å². The van der Waals surface area contributed by atoms with E-state index in [-0.39, 0.29) is 12.2 Å². The second kappa shape index (κ2) is 5.22. The van der Waals surface area contributed by atoms with E-state index >= 15 is 0 Å². The Morgan fingerprint density at radius 3 is 1.74 bits per heavy atom. The molecule has 106 valence electrons. The van der Waals surface area contributed by atoms with Crippen molar-refractivity contribution in [1.82, 2.24) is 0 Å². The van der Waals surface area contributed by atoms with Crippen LogP contribution in [-0.2, 0) is 11.2 Å². The van der Waals surface area contributed by atoms with Gasteiger partial charge >= 0.3 is 12.4 Å². The van der Waals surface area contributed by atoms with Gasteiger partial charge in [0.1, 0.15) is 5.78 Å². The Morgan fingerprint density at radius 1 is 1.00 bits per heavy atom. The Labute approximate surface area is 105 Å². The molecule has 0 saturated heterocycles. The summed E-state index contributed by atoms with van der Waals surface area (Å²) in [6.45, 7) is 1.28. The number of alkyl halides is 6. The summed E-state index contributed by atoms with van der Waals surface area (Å²) in [4.78, 5) is 10.8. The lowest BCUT2D eigenvalue weighted by Crippen LogP contribution is -2.34. The smallest absolute Gasteiger partial charge is 0.300 e. The molecule has 0 unspecified atom stereocenters. The van der Waals surface area contributed by atoms with Crippen molar-refractivity contribution in [3.8, 4) is 0 Å². The van der Waals surface area contributed by atoms with Crippen LogP contribution in [0.5, 0.6) is 0 Å². The fourth-order valence-corrected chi connectivity index (χ4v) is 1.68. The maximum absolute atomic E-state index is 12.4. The van der Waals surface area contributed by atoms with Crippen LogP contribution in [0.2, 0.25) is 0 Å². The Morgan fingerprint density at radius 2 is 1.42 bits per heavy atom. The van der Waals surface area contributed by atoms with Crippen LogP contribution in [0.25, 0.3) is 0 Å². The second-order valence-corrected chi connectivity index (χ2v) is 4.14. The van der Waals surface area contributed by atoms with Crippen LogP contribution >= 0.6 is 0 Å². The van der Waals surface area contributed by atoms with E-state index in [0.717, 1.165) is 24.3 Å². The van der Waals surface area contributed by atoms with Gasteiger partial charge in [-0.15, -0.1) is 0 Å². The van der Waals surface area contributed by atoms with Crippen LogP contribution in [0.15, 0.2) is 24.3 Å². The molecule has 0 N–H and O–H groups in total. The highest BCUT2D eigenvalue weighted by Gasteiger charge is 2.57. The highest BCUT2D eigenvalue weighted by atomic mass is 19.4. The van der Waals surface area contributed by atoms with Crippen LogP contribution in [0, 0.1) is 0 Å². The SMILES string of the molecule is CC(=O)Cc1ccc(C(C(F)(F)F)C(F)(F)F)cc1. The quantitative estimate of drug-likeness (QED) is 0.766. The Kier molecular flexibility index (Phi) is 4.27. The highest BCUT2D eigenvalue weighted by molar-refractivity contribution is 5.78. The van der Waals surface area contributed by atoms with Crippen molar-refractivity contribution in [2.24, 2.45) is 0 Å². The van der Waals surface area contributed by atoms with Gasteiger partial charge in [0.15, 0.2) is 5.92 Å². The number of carbonyl (C=O) groups excluding carboxylic acids is 1. The van der Waals surface area contributed by atoms with E-state index in [1.807, 2.05) is 0 Å². The normalized spacial score (nSPS) is 12.8. The number of halogens is 6. The van der Waals surface area contributed by atoms with Crippen LogP contribution < -0.4 is 0 Å². The standard InChI is InChI=1S/C12H10F6O/c1-7(19)6-8-2-4-9(5-3-8)10(11(13,14)15)12(16,17)18/h2-5,10H,6H2,1H3. The molecule has 19 heavy (non-hydrogen) atoms. The molecule has 1 aromatic carbocycles. The molecule has 1 nitrogen and oxygen atoms in total. The fourth-order valence-electron chi connectivity index (χ4n) is 1.68. The average molecular weight is 284 g/mol. The maximum atomic E-state index is 12.4. The number of hydrogen-bond acceptors (Lipinski definition) is 1. The van der Waals surface area contributed by atoms with Crippen LogP contribution in [0.1, 0.15) is 24.0 Å². The zero-order valence-electron chi connectivity index (χ0n) is 9.77. The lowest BCUT2D eigenvalue weighted by molar-refractivity contribution is -0.253. The molecular weight excluding hydrogens is 274 g/mol. The van der Waals surface area contributed by atoms with Crippen molar-refractivity contribution in [2.75, 3.05) is 0 Å². The van der Waals surface area contributed by atoms with Crippen molar-refractivity contribution < 1.29 is 31.1 Å². The minimum atomic E-state index is -5.40. The van der Waals surface area contributed by atoms with Gasteiger partial charge in [-0.1, -0.05) is 24.3 Å². The van der Waals surface area contributed by atoms with Crippen molar-refractivity contribution in [3.05, 3.63) is 35.4 Å². The molecule has 1 rings (SSSR count). The van der Waals surface area contributed by atoms with Gasteiger partial charge < -0.3 is 0 Å². The van der Waals surface area contributed by atoms with Crippen LogP contribution in [-0.4, -0.2) is 18.1 Å². The fraction of sp³-hybridized carbons (Fsp3) is 0.417. The van der Waals surface area contributed by atoms with E-state index in [1.54, 1.807) is 0 Å². The van der Waals surface area contributed by atoms with Gasteiger partial charge in [-0.05, 0) is 18.1 Å². The van der Waals surface area contributed by atoms with E-state index in [0.29, 0.717) is 5.56 Å². The number of carbonyl (C=O) groups is 1.